The van der Waals surface area contributed by atoms with E-state index in [-0.39, 0.29) is 18.8 Å². The van der Waals surface area contributed by atoms with Crippen LogP contribution in [0.5, 0.6) is 0 Å². The van der Waals surface area contributed by atoms with Crippen molar-refractivity contribution in [2.45, 2.75) is 58.2 Å². The van der Waals surface area contributed by atoms with Crippen molar-refractivity contribution in [2.75, 3.05) is 13.2 Å². The van der Waals surface area contributed by atoms with Crippen LogP contribution in [-0.2, 0) is 13.1 Å². The zero-order valence-corrected chi connectivity index (χ0v) is 11.9. The second kappa shape index (κ2) is 6.03. The predicted molar refractivity (Wildman–Crippen MR) is 73.9 cm³/mol. The van der Waals surface area contributed by atoms with Gasteiger partial charge >= 0.3 is 0 Å². The van der Waals surface area contributed by atoms with E-state index in [2.05, 4.69) is 10.4 Å². The van der Waals surface area contributed by atoms with E-state index in [4.69, 9.17) is 5.11 Å². The van der Waals surface area contributed by atoms with Gasteiger partial charge < -0.3 is 15.5 Å². The number of aromatic nitrogens is 2. The van der Waals surface area contributed by atoms with Gasteiger partial charge in [0.05, 0.1) is 25.5 Å². The number of rotatable bonds is 6. The number of aliphatic hydroxyl groups is 2. The maximum absolute atomic E-state index is 9.61. The summed E-state index contributed by atoms with van der Waals surface area (Å²) in [6, 6.07) is 0. The molecule has 0 bridgehead atoms. The molecule has 1 saturated carbocycles. The first kappa shape index (κ1) is 14.5. The van der Waals surface area contributed by atoms with E-state index in [1.54, 1.807) is 0 Å². The highest BCUT2D eigenvalue weighted by Gasteiger charge is 2.32. The smallest absolute Gasteiger partial charge is 0.0644 e. The molecule has 19 heavy (non-hydrogen) atoms. The zero-order valence-electron chi connectivity index (χ0n) is 11.9. The van der Waals surface area contributed by atoms with Crippen LogP contribution in [0.4, 0.5) is 0 Å². The number of aryl methyl sites for hydroxylation is 1. The molecule has 1 aromatic rings. The largest absolute Gasteiger partial charge is 0.394 e. The number of nitrogens with one attached hydrogen (secondary N) is 1. The van der Waals surface area contributed by atoms with E-state index < -0.39 is 0 Å². The molecule has 5 heteroatoms. The Hall–Kier alpha value is -0.910. The lowest BCUT2D eigenvalue weighted by molar-refractivity contribution is 0.163. The van der Waals surface area contributed by atoms with E-state index >= 15 is 0 Å². The summed E-state index contributed by atoms with van der Waals surface area (Å²) in [7, 11) is 0. The molecule has 1 heterocycles. The molecule has 108 valence electrons. The fourth-order valence-electron chi connectivity index (χ4n) is 3.02. The minimum atomic E-state index is -0.0992. The van der Waals surface area contributed by atoms with Crippen LogP contribution in [0.15, 0.2) is 0 Å². The molecule has 2 rings (SSSR count). The summed E-state index contributed by atoms with van der Waals surface area (Å²) in [4.78, 5) is 0. The Kier molecular flexibility index (Phi) is 4.60. The third-order valence-corrected chi connectivity index (χ3v) is 4.35. The predicted octanol–water partition coefficient (Wildman–Crippen LogP) is 0.887. The molecule has 0 amide bonds. The fraction of sp³-hybridized carbons (Fsp3) is 0.786. The highest BCUT2D eigenvalue weighted by molar-refractivity contribution is 5.24. The summed E-state index contributed by atoms with van der Waals surface area (Å²) in [5.41, 5.74) is 3.20. The molecule has 0 radical (unpaired) electrons. The van der Waals surface area contributed by atoms with Crippen LogP contribution >= 0.6 is 0 Å². The van der Waals surface area contributed by atoms with E-state index in [0.717, 1.165) is 30.8 Å². The Labute approximate surface area is 114 Å². The maximum Gasteiger partial charge on any atom is 0.0644 e. The van der Waals surface area contributed by atoms with Crippen molar-refractivity contribution in [3.05, 3.63) is 17.0 Å². The van der Waals surface area contributed by atoms with Gasteiger partial charge in [-0.15, -0.1) is 0 Å². The molecule has 3 N–H and O–H groups in total. The minimum Gasteiger partial charge on any atom is -0.394 e. The van der Waals surface area contributed by atoms with E-state index in [1.807, 2.05) is 18.5 Å². The first-order valence-corrected chi connectivity index (χ1v) is 7.11. The number of nitrogens with zero attached hydrogens (tertiary/aromatic N) is 2. The van der Waals surface area contributed by atoms with Crippen molar-refractivity contribution in [3.63, 3.8) is 0 Å². The van der Waals surface area contributed by atoms with Crippen molar-refractivity contribution < 1.29 is 10.2 Å². The van der Waals surface area contributed by atoms with Gasteiger partial charge in [-0.05, 0) is 26.7 Å². The van der Waals surface area contributed by atoms with Gasteiger partial charge in [-0.2, -0.15) is 5.10 Å². The maximum atomic E-state index is 9.61. The lowest BCUT2D eigenvalue weighted by atomic mass is 9.98. The van der Waals surface area contributed by atoms with Gasteiger partial charge in [-0.25, -0.2) is 0 Å². The van der Waals surface area contributed by atoms with Crippen LogP contribution < -0.4 is 5.32 Å². The van der Waals surface area contributed by atoms with Crippen molar-refractivity contribution >= 4 is 0 Å². The SMILES string of the molecule is Cc1nn(CCO)c(C)c1CNC1(CO)CCCC1. The van der Waals surface area contributed by atoms with Gasteiger partial charge in [-0.3, -0.25) is 4.68 Å². The van der Waals surface area contributed by atoms with Crippen LogP contribution in [0, 0.1) is 13.8 Å². The molecule has 5 nitrogen and oxygen atoms in total. The quantitative estimate of drug-likeness (QED) is 0.716. The molecular formula is C14H25N3O2. The van der Waals surface area contributed by atoms with Crippen molar-refractivity contribution in [2.24, 2.45) is 0 Å². The zero-order chi connectivity index (χ0) is 13.9. The molecule has 0 spiro atoms. The van der Waals surface area contributed by atoms with Crippen molar-refractivity contribution in [3.8, 4) is 0 Å². The molecule has 0 atom stereocenters. The third kappa shape index (κ3) is 2.99. The summed E-state index contributed by atoms with van der Waals surface area (Å²) < 4.78 is 1.85. The highest BCUT2D eigenvalue weighted by Crippen LogP contribution is 2.29. The van der Waals surface area contributed by atoms with Crippen molar-refractivity contribution in [1.82, 2.24) is 15.1 Å². The van der Waals surface area contributed by atoms with Gasteiger partial charge in [0.25, 0.3) is 0 Å². The van der Waals surface area contributed by atoms with Crippen LogP contribution in [0.25, 0.3) is 0 Å². The fourth-order valence-corrected chi connectivity index (χ4v) is 3.02. The average molecular weight is 267 g/mol. The number of hydrogen-bond acceptors (Lipinski definition) is 4. The Morgan fingerprint density at radius 2 is 1.95 bits per heavy atom. The molecular weight excluding hydrogens is 242 g/mol. The normalized spacial score (nSPS) is 18.1. The average Bonchev–Trinajstić information content (AvgIpc) is 2.96. The van der Waals surface area contributed by atoms with E-state index in [0.29, 0.717) is 6.54 Å². The number of aliphatic hydroxyl groups excluding tert-OH is 2. The molecule has 0 saturated heterocycles. The number of hydrogen-bond donors (Lipinski definition) is 3. The Balaban J connectivity index is 2.06. The highest BCUT2D eigenvalue weighted by atomic mass is 16.3. The summed E-state index contributed by atoms with van der Waals surface area (Å²) in [5, 5.41) is 26.6. The molecule has 0 unspecified atom stereocenters. The summed E-state index contributed by atoms with van der Waals surface area (Å²) in [5.74, 6) is 0. The Morgan fingerprint density at radius 1 is 1.26 bits per heavy atom. The van der Waals surface area contributed by atoms with Gasteiger partial charge in [0, 0.05) is 23.3 Å². The van der Waals surface area contributed by atoms with Gasteiger partial charge in [-0.1, -0.05) is 12.8 Å². The summed E-state index contributed by atoms with van der Waals surface area (Å²) in [6.45, 7) is 5.62. The Bertz CT molecular complexity index is 423. The monoisotopic (exact) mass is 267 g/mol. The van der Waals surface area contributed by atoms with Gasteiger partial charge in [0.15, 0.2) is 0 Å². The molecule has 0 aliphatic heterocycles. The minimum absolute atomic E-state index is 0.0992. The lowest BCUT2D eigenvalue weighted by Gasteiger charge is -2.28. The van der Waals surface area contributed by atoms with Crippen LogP contribution in [0.3, 0.4) is 0 Å². The van der Waals surface area contributed by atoms with Crippen LogP contribution in [0.2, 0.25) is 0 Å². The second-order valence-corrected chi connectivity index (χ2v) is 5.60. The van der Waals surface area contributed by atoms with Crippen molar-refractivity contribution in [1.29, 1.82) is 0 Å². The first-order valence-electron chi connectivity index (χ1n) is 7.11. The van der Waals surface area contributed by atoms with Gasteiger partial charge in [0.1, 0.15) is 0 Å². The van der Waals surface area contributed by atoms with Crippen LogP contribution in [-0.4, -0.2) is 38.7 Å². The second-order valence-electron chi connectivity index (χ2n) is 5.60. The Morgan fingerprint density at radius 3 is 2.53 bits per heavy atom. The molecule has 1 aromatic heterocycles. The van der Waals surface area contributed by atoms with E-state index in [1.165, 1.54) is 18.4 Å². The topological polar surface area (TPSA) is 70.3 Å². The molecule has 0 aromatic carbocycles. The first-order chi connectivity index (χ1) is 9.12. The van der Waals surface area contributed by atoms with Gasteiger partial charge in [0.2, 0.25) is 0 Å². The summed E-state index contributed by atoms with van der Waals surface area (Å²) in [6.07, 6.45) is 4.48. The standard InChI is InChI=1S/C14H25N3O2/c1-11-13(12(2)17(16-11)7-8-18)9-15-14(10-19)5-3-4-6-14/h15,18-19H,3-10H2,1-2H3. The summed E-state index contributed by atoms with van der Waals surface area (Å²) >= 11 is 0. The third-order valence-electron chi connectivity index (χ3n) is 4.35. The molecule has 1 fully saturated rings. The molecule has 1 aliphatic carbocycles. The molecule has 1 aliphatic rings. The van der Waals surface area contributed by atoms with E-state index in [9.17, 15) is 5.11 Å². The van der Waals surface area contributed by atoms with Crippen LogP contribution in [0.1, 0.15) is 42.6 Å². The lowest BCUT2D eigenvalue weighted by Crippen LogP contribution is -2.45.